The van der Waals surface area contributed by atoms with Gasteiger partial charge >= 0.3 is 5.97 Å². The van der Waals surface area contributed by atoms with Crippen LogP contribution in [-0.2, 0) is 16.0 Å². The molecule has 0 aliphatic carbocycles. The Morgan fingerprint density at radius 2 is 1.87 bits per heavy atom. The molecular formula is C18H21NO4. The topological polar surface area (TPSA) is 79.5 Å². The smallest absolute Gasteiger partial charge is 0.308 e. The summed E-state index contributed by atoms with van der Waals surface area (Å²) in [5.41, 5.74) is 0.782. The number of hydrogen-bond donors (Lipinski definition) is 2. The lowest BCUT2D eigenvalue weighted by Crippen LogP contribution is -2.35. The van der Waals surface area contributed by atoms with Crippen molar-refractivity contribution in [3.63, 3.8) is 0 Å². The van der Waals surface area contributed by atoms with E-state index in [1.807, 2.05) is 49.4 Å². The third kappa shape index (κ3) is 4.71. The molecule has 1 heterocycles. The number of rotatable bonds is 7. The second kappa shape index (κ2) is 7.63. The molecule has 0 saturated carbocycles. The zero-order chi connectivity index (χ0) is 16.8. The number of aryl methyl sites for hydroxylation is 2. The first kappa shape index (κ1) is 16.8. The Kier molecular flexibility index (Phi) is 5.57. The van der Waals surface area contributed by atoms with Crippen molar-refractivity contribution in [2.24, 2.45) is 5.92 Å². The van der Waals surface area contributed by atoms with Gasteiger partial charge in [-0.05, 0) is 31.5 Å². The number of hydrogen-bond acceptors (Lipinski definition) is 3. The van der Waals surface area contributed by atoms with Gasteiger partial charge in [0.1, 0.15) is 11.5 Å². The van der Waals surface area contributed by atoms with Crippen LogP contribution >= 0.6 is 0 Å². The molecule has 5 nitrogen and oxygen atoms in total. The molecule has 0 saturated heterocycles. The van der Waals surface area contributed by atoms with E-state index in [0.717, 1.165) is 17.1 Å². The summed E-state index contributed by atoms with van der Waals surface area (Å²) in [6.45, 7) is 3.44. The summed E-state index contributed by atoms with van der Waals surface area (Å²) in [5, 5.41) is 12.1. The molecular weight excluding hydrogens is 294 g/mol. The second-order valence-electron chi connectivity index (χ2n) is 5.60. The molecule has 0 bridgehead atoms. The molecule has 2 atom stereocenters. The summed E-state index contributed by atoms with van der Waals surface area (Å²) >= 11 is 0. The number of carbonyl (C=O) groups is 2. The Balaban J connectivity index is 2.02. The van der Waals surface area contributed by atoms with Gasteiger partial charge in [0.2, 0.25) is 5.91 Å². The molecule has 2 aromatic rings. The standard InChI is InChI=1S/C18H21NO4/c1-12-8-9-15(23-12)10-11-16(20)19-17(13(2)18(21)22)14-6-4-3-5-7-14/h3-9,13,17H,10-11H2,1-2H3,(H,19,20)(H,21,22)/t13-,17+/m1/s1. The number of aliphatic carboxylic acids is 1. The van der Waals surface area contributed by atoms with Crippen molar-refractivity contribution in [3.8, 4) is 0 Å². The molecule has 1 amide bonds. The predicted molar refractivity (Wildman–Crippen MR) is 85.9 cm³/mol. The van der Waals surface area contributed by atoms with E-state index in [1.54, 1.807) is 6.92 Å². The normalized spacial score (nSPS) is 13.3. The first-order valence-corrected chi connectivity index (χ1v) is 7.60. The van der Waals surface area contributed by atoms with Crippen LogP contribution in [0.2, 0.25) is 0 Å². The number of carboxylic acids is 1. The lowest BCUT2D eigenvalue weighted by Gasteiger charge is -2.23. The molecule has 0 fully saturated rings. The first-order valence-electron chi connectivity index (χ1n) is 7.60. The van der Waals surface area contributed by atoms with Gasteiger partial charge in [0.25, 0.3) is 0 Å². The van der Waals surface area contributed by atoms with Crippen LogP contribution in [0, 0.1) is 12.8 Å². The molecule has 0 aliphatic heterocycles. The fourth-order valence-corrected chi connectivity index (χ4v) is 2.40. The van der Waals surface area contributed by atoms with E-state index in [2.05, 4.69) is 5.32 Å². The summed E-state index contributed by atoms with van der Waals surface area (Å²) in [5.74, 6) is -0.295. The van der Waals surface area contributed by atoms with Crippen molar-refractivity contribution in [1.82, 2.24) is 5.32 Å². The quantitative estimate of drug-likeness (QED) is 0.823. The van der Waals surface area contributed by atoms with Crippen LogP contribution in [0.1, 0.15) is 36.5 Å². The van der Waals surface area contributed by atoms with Gasteiger partial charge in [0.05, 0.1) is 12.0 Å². The molecule has 122 valence electrons. The van der Waals surface area contributed by atoms with Gasteiger partial charge in [-0.25, -0.2) is 0 Å². The van der Waals surface area contributed by atoms with Gasteiger partial charge in [-0.3, -0.25) is 9.59 Å². The van der Waals surface area contributed by atoms with Gasteiger partial charge in [-0.15, -0.1) is 0 Å². The highest BCUT2D eigenvalue weighted by Crippen LogP contribution is 2.22. The van der Waals surface area contributed by atoms with Gasteiger partial charge < -0.3 is 14.8 Å². The number of carbonyl (C=O) groups excluding carboxylic acids is 1. The average Bonchev–Trinajstić information content (AvgIpc) is 2.96. The van der Waals surface area contributed by atoms with Gasteiger partial charge in [-0.2, -0.15) is 0 Å². The fraction of sp³-hybridized carbons (Fsp3) is 0.333. The maximum Gasteiger partial charge on any atom is 0.308 e. The highest BCUT2D eigenvalue weighted by Gasteiger charge is 2.26. The van der Waals surface area contributed by atoms with Crippen molar-refractivity contribution in [1.29, 1.82) is 0 Å². The highest BCUT2D eigenvalue weighted by molar-refractivity contribution is 5.78. The van der Waals surface area contributed by atoms with Crippen LogP contribution in [-0.4, -0.2) is 17.0 Å². The van der Waals surface area contributed by atoms with E-state index >= 15 is 0 Å². The molecule has 0 spiro atoms. The van der Waals surface area contributed by atoms with Crippen molar-refractivity contribution in [3.05, 3.63) is 59.5 Å². The lowest BCUT2D eigenvalue weighted by atomic mass is 9.94. The zero-order valence-electron chi connectivity index (χ0n) is 13.3. The largest absolute Gasteiger partial charge is 0.481 e. The molecule has 2 rings (SSSR count). The molecule has 1 aromatic carbocycles. The second-order valence-corrected chi connectivity index (χ2v) is 5.60. The van der Waals surface area contributed by atoms with E-state index < -0.39 is 17.9 Å². The molecule has 1 aromatic heterocycles. The molecule has 0 aliphatic rings. The van der Waals surface area contributed by atoms with Crippen molar-refractivity contribution < 1.29 is 19.1 Å². The van der Waals surface area contributed by atoms with Crippen molar-refractivity contribution in [2.45, 2.75) is 32.7 Å². The zero-order valence-corrected chi connectivity index (χ0v) is 13.3. The predicted octanol–water partition coefficient (Wildman–Crippen LogP) is 3.10. The van der Waals surface area contributed by atoms with Crippen LogP contribution in [0.25, 0.3) is 0 Å². The maximum atomic E-state index is 12.2. The Bertz CT molecular complexity index is 663. The number of amides is 1. The van der Waals surface area contributed by atoms with Crippen LogP contribution in [0.3, 0.4) is 0 Å². The van der Waals surface area contributed by atoms with E-state index in [9.17, 15) is 14.7 Å². The Hall–Kier alpha value is -2.56. The number of carboxylic acid groups (broad SMARTS) is 1. The Labute approximate surface area is 135 Å². The fourth-order valence-electron chi connectivity index (χ4n) is 2.40. The SMILES string of the molecule is Cc1ccc(CCC(=O)N[C@H](c2ccccc2)[C@@H](C)C(=O)O)o1. The monoisotopic (exact) mass is 315 g/mol. The van der Waals surface area contributed by atoms with Crippen molar-refractivity contribution in [2.75, 3.05) is 0 Å². The molecule has 5 heteroatoms. The Morgan fingerprint density at radius 3 is 2.43 bits per heavy atom. The molecule has 0 unspecified atom stereocenters. The lowest BCUT2D eigenvalue weighted by molar-refractivity contribution is -0.142. The van der Waals surface area contributed by atoms with E-state index in [0.29, 0.717) is 6.42 Å². The molecule has 0 radical (unpaired) electrons. The average molecular weight is 315 g/mol. The van der Waals surface area contributed by atoms with Crippen LogP contribution in [0.5, 0.6) is 0 Å². The third-order valence-corrected chi connectivity index (χ3v) is 3.76. The summed E-state index contributed by atoms with van der Waals surface area (Å²) in [6, 6.07) is 12.3. The van der Waals surface area contributed by atoms with Crippen LogP contribution in [0.4, 0.5) is 0 Å². The van der Waals surface area contributed by atoms with Gasteiger partial charge in [-0.1, -0.05) is 30.3 Å². The number of benzene rings is 1. The summed E-state index contributed by atoms with van der Waals surface area (Å²) in [7, 11) is 0. The molecule has 23 heavy (non-hydrogen) atoms. The highest BCUT2D eigenvalue weighted by atomic mass is 16.4. The maximum absolute atomic E-state index is 12.2. The van der Waals surface area contributed by atoms with Gasteiger partial charge in [0.15, 0.2) is 0 Å². The molecule has 2 N–H and O–H groups in total. The van der Waals surface area contributed by atoms with E-state index in [-0.39, 0.29) is 12.3 Å². The first-order chi connectivity index (χ1) is 11.0. The third-order valence-electron chi connectivity index (χ3n) is 3.76. The van der Waals surface area contributed by atoms with Crippen LogP contribution in [0.15, 0.2) is 46.9 Å². The summed E-state index contributed by atoms with van der Waals surface area (Å²) < 4.78 is 5.44. The van der Waals surface area contributed by atoms with Gasteiger partial charge in [0, 0.05) is 12.8 Å². The van der Waals surface area contributed by atoms with Crippen molar-refractivity contribution >= 4 is 11.9 Å². The minimum atomic E-state index is -0.944. The van der Waals surface area contributed by atoms with Crippen LogP contribution < -0.4 is 5.32 Å². The summed E-state index contributed by atoms with van der Waals surface area (Å²) in [4.78, 5) is 23.5. The van der Waals surface area contributed by atoms with E-state index in [1.165, 1.54) is 0 Å². The summed E-state index contributed by atoms with van der Waals surface area (Å²) in [6.07, 6.45) is 0.741. The minimum absolute atomic E-state index is 0.194. The number of nitrogens with one attached hydrogen (secondary N) is 1. The van der Waals surface area contributed by atoms with E-state index in [4.69, 9.17) is 4.42 Å². The number of furan rings is 1. The Morgan fingerprint density at radius 1 is 1.17 bits per heavy atom. The minimum Gasteiger partial charge on any atom is -0.481 e.